The largest absolute Gasteiger partial charge is 0.378 e. The molecule has 0 aromatic heterocycles. The van der Waals surface area contributed by atoms with E-state index in [1.807, 2.05) is 0 Å². The van der Waals surface area contributed by atoms with Crippen LogP contribution in [0.25, 0.3) is 0 Å². The van der Waals surface area contributed by atoms with Gasteiger partial charge in [0, 0.05) is 25.5 Å². The van der Waals surface area contributed by atoms with Crippen molar-refractivity contribution in [2.45, 2.75) is 38.3 Å². The lowest BCUT2D eigenvalue weighted by Gasteiger charge is -2.47. The number of carbonyl (C=O) groups excluding carboxylic acids is 1. The van der Waals surface area contributed by atoms with Gasteiger partial charge in [-0.1, -0.05) is 0 Å². The van der Waals surface area contributed by atoms with Crippen LogP contribution in [0.15, 0.2) is 0 Å². The summed E-state index contributed by atoms with van der Waals surface area (Å²) in [6.45, 7) is 2.49. The Hall–Kier alpha value is -0.570. The highest BCUT2D eigenvalue weighted by atomic mass is 16.5. The quantitative estimate of drug-likeness (QED) is 0.627. The summed E-state index contributed by atoms with van der Waals surface area (Å²) in [6, 6.07) is 0.396. The van der Waals surface area contributed by atoms with E-state index in [0.29, 0.717) is 18.1 Å². The van der Waals surface area contributed by atoms with Gasteiger partial charge in [-0.25, -0.2) is 0 Å². The second kappa shape index (κ2) is 3.05. The Bertz CT molecular complexity index is 193. The zero-order chi connectivity index (χ0) is 8.55. The number of hydrogen-bond acceptors (Lipinski definition) is 2. The molecule has 0 unspecified atom stereocenters. The van der Waals surface area contributed by atoms with Crippen LogP contribution in [0, 0.1) is 5.92 Å². The van der Waals surface area contributed by atoms with Crippen LogP contribution in [0.4, 0.5) is 0 Å². The van der Waals surface area contributed by atoms with E-state index < -0.39 is 0 Å². The number of fused-ring (bicyclic) bond motifs is 1. The predicted octanol–water partition coefficient (Wildman–Crippen LogP) is 0.690. The van der Waals surface area contributed by atoms with Gasteiger partial charge >= 0.3 is 0 Å². The fraction of sp³-hybridized carbons (Fsp3) is 0.889. The van der Waals surface area contributed by atoms with Gasteiger partial charge in [-0.15, -0.1) is 0 Å². The van der Waals surface area contributed by atoms with Gasteiger partial charge in [0.2, 0.25) is 5.91 Å². The van der Waals surface area contributed by atoms with Crippen molar-refractivity contribution in [2.24, 2.45) is 5.92 Å². The third kappa shape index (κ3) is 1.33. The number of hydrogen-bond donors (Lipinski definition) is 1. The summed E-state index contributed by atoms with van der Waals surface area (Å²) < 4.78 is 5.54. The molecular formula is C9H15NO2. The molecule has 0 radical (unpaired) electrons. The third-order valence-electron chi connectivity index (χ3n) is 2.88. The lowest BCUT2D eigenvalue weighted by molar-refractivity contribution is -0.129. The highest BCUT2D eigenvalue weighted by molar-refractivity contribution is 5.73. The number of amides is 1. The molecule has 0 aromatic rings. The molecule has 1 aliphatic carbocycles. The minimum Gasteiger partial charge on any atom is -0.378 e. The van der Waals surface area contributed by atoms with E-state index in [0.717, 1.165) is 19.4 Å². The molecule has 1 saturated carbocycles. The highest BCUT2D eigenvalue weighted by Crippen LogP contribution is 2.37. The molecule has 2 fully saturated rings. The lowest BCUT2D eigenvalue weighted by Crippen LogP contribution is -2.57. The van der Waals surface area contributed by atoms with Gasteiger partial charge in [-0.3, -0.25) is 4.79 Å². The molecule has 1 saturated heterocycles. The van der Waals surface area contributed by atoms with E-state index in [1.165, 1.54) is 6.42 Å². The van der Waals surface area contributed by atoms with Crippen molar-refractivity contribution in [3.05, 3.63) is 0 Å². The van der Waals surface area contributed by atoms with E-state index in [2.05, 4.69) is 5.32 Å². The summed E-state index contributed by atoms with van der Waals surface area (Å²) in [5.74, 6) is 0.687. The fourth-order valence-corrected chi connectivity index (χ4v) is 2.22. The van der Waals surface area contributed by atoms with Crippen molar-refractivity contribution in [1.29, 1.82) is 0 Å². The molecule has 3 heteroatoms. The molecule has 3 nitrogen and oxygen atoms in total. The van der Waals surface area contributed by atoms with Crippen molar-refractivity contribution in [3.63, 3.8) is 0 Å². The molecule has 2 rings (SSSR count). The zero-order valence-corrected chi connectivity index (χ0v) is 7.38. The van der Waals surface area contributed by atoms with Crippen LogP contribution in [0.3, 0.4) is 0 Å². The zero-order valence-electron chi connectivity index (χ0n) is 7.38. The van der Waals surface area contributed by atoms with Gasteiger partial charge in [0.05, 0.1) is 6.10 Å². The number of ether oxygens (including phenoxy) is 1. The Morgan fingerprint density at radius 3 is 3.08 bits per heavy atom. The van der Waals surface area contributed by atoms with Crippen LogP contribution in [0.5, 0.6) is 0 Å². The number of rotatable bonds is 1. The standard InChI is InChI=1S/C9H15NO2/c1-6(11)10-8-5-9-7(8)3-2-4-12-9/h7-9H,2-5H2,1H3,(H,10,11)/t7-,8-,9+/m1/s1. The van der Waals surface area contributed by atoms with Crippen LogP contribution in [0.1, 0.15) is 26.2 Å². The first-order valence-corrected chi connectivity index (χ1v) is 4.66. The maximum Gasteiger partial charge on any atom is 0.217 e. The Morgan fingerprint density at radius 2 is 2.42 bits per heavy atom. The summed E-state index contributed by atoms with van der Waals surface area (Å²) in [5, 5.41) is 2.96. The fourth-order valence-electron chi connectivity index (χ4n) is 2.22. The van der Waals surface area contributed by atoms with Crippen LogP contribution >= 0.6 is 0 Å². The molecule has 0 spiro atoms. The first kappa shape index (κ1) is 8.05. The topological polar surface area (TPSA) is 38.3 Å². The molecule has 0 aromatic carbocycles. The average molecular weight is 169 g/mol. The first-order chi connectivity index (χ1) is 5.77. The molecule has 12 heavy (non-hydrogen) atoms. The second-order valence-corrected chi connectivity index (χ2v) is 3.76. The maximum atomic E-state index is 10.8. The van der Waals surface area contributed by atoms with Gasteiger partial charge in [0.1, 0.15) is 0 Å². The SMILES string of the molecule is CC(=O)N[C@@H]1C[C@@H]2OCCC[C@@H]21. The Balaban J connectivity index is 1.84. The average Bonchev–Trinajstić information content (AvgIpc) is 2.00. The van der Waals surface area contributed by atoms with E-state index in [1.54, 1.807) is 6.92 Å². The molecule has 1 aliphatic heterocycles. The molecule has 3 atom stereocenters. The van der Waals surface area contributed by atoms with Gasteiger partial charge < -0.3 is 10.1 Å². The van der Waals surface area contributed by atoms with Crippen molar-refractivity contribution < 1.29 is 9.53 Å². The predicted molar refractivity (Wildman–Crippen MR) is 44.7 cm³/mol. The Kier molecular flexibility index (Phi) is 2.05. The molecule has 1 N–H and O–H groups in total. The maximum absolute atomic E-state index is 10.8. The first-order valence-electron chi connectivity index (χ1n) is 4.66. The number of carbonyl (C=O) groups is 1. The van der Waals surface area contributed by atoms with Crippen molar-refractivity contribution >= 4 is 5.91 Å². The molecule has 1 heterocycles. The van der Waals surface area contributed by atoms with Crippen LogP contribution in [-0.4, -0.2) is 24.7 Å². The highest BCUT2D eigenvalue weighted by Gasteiger charge is 2.43. The van der Waals surface area contributed by atoms with E-state index >= 15 is 0 Å². The second-order valence-electron chi connectivity index (χ2n) is 3.76. The molecule has 0 bridgehead atoms. The van der Waals surface area contributed by atoms with E-state index in [4.69, 9.17) is 4.74 Å². The number of nitrogens with one attached hydrogen (secondary N) is 1. The van der Waals surface area contributed by atoms with Crippen LogP contribution in [0.2, 0.25) is 0 Å². The lowest BCUT2D eigenvalue weighted by atomic mass is 9.72. The van der Waals surface area contributed by atoms with Gasteiger partial charge in [-0.2, -0.15) is 0 Å². The summed E-state index contributed by atoms with van der Waals surface area (Å²) in [6.07, 6.45) is 3.83. The summed E-state index contributed by atoms with van der Waals surface area (Å²) in [5.41, 5.74) is 0. The molecular weight excluding hydrogens is 154 g/mol. The molecule has 2 aliphatic rings. The molecule has 68 valence electrons. The smallest absolute Gasteiger partial charge is 0.217 e. The minimum absolute atomic E-state index is 0.0871. The third-order valence-corrected chi connectivity index (χ3v) is 2.88. The Morgan fingerprint density at radius 1 is 1.58 bits per heavy atom. The van der Waals surface area contributed by atoms with Gasteiger partial charge in [0.15, 0.2) is 0 Å². The van der Waals surface area contributed by atoms with Crippen molar-refractivity contribution in [2.75, 3.05) is 6.61 Å². The monoisotopic (exact) mass is 169 g/mol. The minimum atomic E-state index is 0.0871. The van der Waals surface area contributed by atoms with Crippen molar-refractivity contribution in [3.8, 4) is 0 Å². The van der Waals surface area contributed by atoms with Crippen molar-refractivity contribution in [1.82, 2.24) is 5.32 Å². The normalized spacial score (nSPS) is 39.6. The summed E-state index contributed by atoms with van der Waals surface area (Å²) in [4.78, 5) is 10.8. The van der Waals surface area contributed by atoms with E-state index in [-0.39, 0.29) is 5.91 Å². The summed E-state index contributed by atoms with van der Waals surface area (Å²) >= 11 is 0. The Labute approximate surface area is 72.5 Å². The molecule has 1 amide bonds. The van der Waals surface area contributed by atoms with Crippen LogP contribution in [-0.2, 0) is 9.53 Å². The van der Waals surface area contributed by atoms with Crippen LogP contribution < -0.4 is 5.32 Å². The van der Waals surface area contributed by atoms with Gasteiger partial charge in [0.25, 0.3) is 0 Å². The summed E-state index contributed by atoms with van der Waals surface area (Å²) in [7, 11) is 0. The van der Waals surface area contributed by atoms with Gasteiger partial charge in [-0.05, 0) is 19.3 Å². The van der Waals surface area contributed by atoms with E-state index in [9.17, 15) is 4.79 Å².